The predicted octanol–water partition coefficient (Wildman–Crippen LogP) is 2.66. The van der Waals surface area contributed by atoms with Crippen molar-refractivity contribution in [3.8, 4) is 0 Å². The van der Waals surface area contributed by atoms with Crippen molar-refractivity contribution in [2.45, 2.75) is 39.7 Å². The number of nitrogens with zero attached hydrogens (tertiary/aromatic N) is 2. The van der Waals surface area contributed by atoms with Gasteiger partial charge in [0.2, 0.25) is 0 Å². The zero-order chi connectivity index (χ0) is 12.5. The molecule has 0 saturated heterocycles. The number of rotatable bonds is 8. The lowest BCUT2D eigenvalue weighted by Gasteiger charge is -2.20. The highest BCUT2D eigenvalue weighted by molar-refractivity contribution is 5.75. The molecule has 0 aliphatic rings. The van der Waals surface area contributed by atoms with Crippen LogP contribution >= 0.6 is 0 Å². The maximum Gasteiger partial charge on any atom is 0.129 e. The fraction of sp³-hybridized carbons (Fsp3) is 0.571. The minimum absolute atomic E-state index is 0.294. The summed E-state index contributed by atoms with van der Waals surface area (Å²) in [5, 5.41) is 0. The number of ketones is 1. The van der Waals surface area contributed by atoms with Gasteiger partial charge in [-0.05, 0) is 50.6 Å². The second kappa shape index (κ2) is 7.96. The van der Waals surface area contributed by atoms with Crippen molar-refractivity contribution < 1.29 is 4.79 Å². The lowest BCUT2D eigenvalue weighted by atomic mass is 10.2. The first-order chi connectivity index (χ1) is 8.22. The van der Waals surface area contributed by atoms with Gasteiger partial charge in [-0.25, -0.2) is 0 Å². The van der Waals surface area contributed by atoms with E-state index in [-0.39, 0.29) is 0 Å². The van der Waals surface area contributed by atoms with Gasteiger partial charge in [0.1, 0.15) is 5.78 Å². The Morgan fingerprint density at radius 3 is 2.59 bits per heavy atom. The van der Waals surface area contributed by atoms with Crippen molar-refractivity contribution in [1.82, 2.24) is 9.88 Å². The Balaban J connectivity index is 2.27. The number of unbranched alkanes of at least 4 members (excludes halogenated alkanes) is 1. The van der Waals surface area contributed by atoms with Gasteiger partial charge in [0.15, 0.2) is 0 Å². The summed E-state index contributed by atoms with van der Waals surface area (Å²) in [6, 6.07) is 4.11. The summed E-state index contributed by atoms with van der Waals surface area (Å²) in [4.78, 5) is 17.2. The molecule has 0 bridgehead atoms. The van der Waals surface area contributed by atoms with Gasteiger partial charge >= 0.3 is 0 Å². The summed E-state index contributed by atoms with van der Waals surface area (Å²) in [6.45, 7) is 6.91. The minimum Gasteiger partial charge on any atom is -0.300 e. The molecule has 0 unspecified atom stereocenters. The summed E-state index contributed by atoms with van der Waals surface area (Å²) in [7, 11) is 0. The molecule has 0 saturated carbocycles. The maximum atomic E-state index is 10.8. The van der Waals surface area contributed by atoms with E-state index >= 15 is 0 Å². The first-order valence-electron chi connectivity index (χ1n) is 6.33. The Kier molecular flexibility index (Phi) is 6.48. The van der Waals surface area contributed by atoms with Crippen LogP contribution in [0.3, 0.4) is 0 Å². The molecule has 1 heterocycles. The van der Waals surface area contributed by atoms with E-state index in [2.05, 4.69) is 28.9 Å². The van der Waals surface area contributed by atoms with Gasteiger partial charge in [0.05, 0.1) is 0 Å². The van der Waals surface area contributed by atoms with Crippen LogP contribution < -0.4 is 0 Å². The van der Waals surface area contributed by atoms with Gasteiger partial charge in [-0.2, -0.15) is 0 Å². The summed E-state index contributed by atoms with van der Waals surface area (Å²) in [5.41, 5.74) is 1.30. The first-order valence-corrected chi connectivity index (χ1v) is 6.33. The van der Waals surface area contributed by atoms with Crippen molar-refractivity contribution in [2.24, 2.45) is 0 Å². The van der Waals surface area contributed by atoms with Crippen LogP contribution in [0.2, 0.25) is 0 Å². The van der Waals surface area contributed by atoms with Crippen molar-refractivity contribution >= 4 is 5.78 Å². The van der Waals surface area contributed by atoms with Crippen LogP contribution in [0.25, 0.3) is 0 Å². The van der Waals surface area contributed by atoms with Crippen molar-refractivity contribution in [1.29, 1.82) is 0 Å². The van der Waals surface area contributed by atoms with Crippen molar-refractivity contribution in [3.63, 3.8) is 0 Å². The lowest BCUT2D eigenvalue weighted by molar-refractivity contribution is -0.117. The van der Waals surface area contributed by atoms with E-state index in [1.807, 2.05) is 12.4 Å². The third kappa shape index (κ3) is 6.17. The largest absolute Gasteiger partial charge is 0.300 e. The quantitative estimate of drug-likeness (QED) is 0.648. The van der Waals surface area contributed by atoms with Gasteiger partial charge < -0.3 is 4.79 Å². The molecule has 0 atom stereocenters. The number of hydrogen-bond acceptors (Lipinski definition) is 3. The average Bonchev–Trinajstić information content (AvgIpc) is 2.34. The molecule has 0 radical (unpaired) electrons. The average molecular weight is 234 g/mol. The molecule has 3 nitrogen and oxygen atoms in total. The van der Waals surface area contributed by atoms with Crippen LogP contribution in [0.4, 0.5) is 0 Å². The number of Topliss-reactive ketones (excluding diaryl/α,β-unsaturated/α-hetero) is 1. The summed E-state index contributed by atoms with van der Waals surface area (Å²) in [5.74, 6) is 0.294. The number of hydrogen-bond donors (Lipinski definition) is 0. The number of aromatic nitrogens is 1. The van der Waals surface area contributed by atoms with Gasteiger partial charge in [0, 0.05) is 25.4 Å². The molecule has 0 amide bonds. The number of carbonyl (C=O) groups excluding carboxylic acids is 1. The normalized spacial score (nSPS) is 10.8. The molecule has 0 N–H and O–H groups in total. The smallest absolute Gasteiger partial charge is 0.129 e. The molecule has 1 aromatic heterocycles. The van der Waals surface area contributed by atoms with Gasteiger partial charge in [-0.15, -0.1) is 0 Å². The van der Waals surface area contributed by atoms with E-state index in [1.165, 1.54) is 5.56 Å². The zero-order valence-electron chi connectivity index (χ0n) is 10.9. The van der Waals surface area contributed by atoms with E-state index < -0.39 is 0 Å². The van der Waals surface area contributed by atoms with E-state index in [0.717, 1.165) is 32.5 Å². The topological polar surface area (TPSA) is 33.2 Å². The van der Waals surface area contributed by atoms with E-state index in [0.29, 0.717) is 12.2 Å². The number of carbonyl (C=O) groups is 1. The second-order valence-corrected chi connectivity index (χ2v) is 4.38. The van der Waals surface area contributed by atoms with Crippen LogP contribution in [0, 0.1) is 0 Å². The van der Waals surface area contributed by atoms with Crippen molar-refractivity contribution in [2.75, 3.05) is 13.1 Å². The molecule has 0 aliphatic carbocycles. The molecule has 0 spiro atoms. The van der Waals surface area contributed by atoms with Gasteiger partial charge in [-0.3, -0.25) is 9.88 Å². The predicted molar refractivity (Wildman–Crippen MR) is 69.7 cm³/mol. The number of pyridine rings is 1. The molecule has 1 rings (SSSR count). The van der Waals surface area contributed by atoms with Crippen LogP contribution in [-0.2, 0) is 11.3 Å². The Bertz CT molecular complexity index is 324. The van der Waals surface area contributed by atoms with Gasteiger partial charge in [0.25, 0.3) is 0 Å². The maximum absolute atomic E-state index is 10.8. The van der Waals surface area contributed by atoms with Gasteiger partial charge in [-0.1, -0.05) is 6.92 Å². The summed E-state index contributed by atoms with van der Waals surface area (Å²) >= 11 is 0. The third-order valence-corrected chi connectivity index (χ3v) is 2.86. The Labute approximate surface area is 104 Å². The van der Waals surface area contributed by atoms with Crippen LogP contribution in [0.15, 0.2) is 24.5 Å². The summed E-state index contributed by atoms with van der Waals surface area (Å²) < 4.78 is 0. The first kappa shape index (κ1) is 13.8. The highest BCUT2D eigenvalue weighted by Crippen LogP contribution is 2.05. The minimum atomic E-state index is 0.294. The Hall–Kier alpha value is -1.22. The van der Waals surface area contributed by atoms with E-state index in [9.17, 15) is 4.79 Å². The molecular weight excluding hydrogens is 212 g/mol. The van der Waals surface area contributed by atoms with Crippen LogP contribution in [-0.4, -0.2) is 28.8 Å². The monoisotopic (exact) mass is 234 g/mol. The summed E-state index contributed by atoms with van der Waals surface area (Å²) in [6.07, 6.45) is 6.48. The Morgan fingerprint density at radius 1 is 1.29 bits per heavy atom. The highest BCUT2D eigenvalue weighted by Gasteiger charge is 2.03. The highest BCUT2D eigenvalue weighted by atomic mass is 16.1. The molecule has 1 aromatic rings. The SMILES string of the molecule is CCN(CCCCC(C)=O)Cc1ccncc1. The second-order valence-electron chi connectivity index (χ2n) is 4.38. The van der Waals surface area contributed by atoms with Crippen LogP contribution in [0.5, 0.6) is 0 Å². The standard InChI is InChI=1S/C14H22N2O/c1-3-16(11-5-4-6-13(2)17)12-14-7-9-15-10-8-14/h7-10H,3-6,11-12H2,1-2H3. The fourth-order valence-corrected chi connectivity index (χ4v) is 1.80. The molecular formula is C14H22N2O. The fourth-order valence-electron chi connectivity index (χ4n) is 1.80. The molecule has 17 heavy (non-hydrogen) atoms. The van der Waals surface area contributed by atoms with E-state index in [1.54, 1.807) is 6.92 Å². The van der Waals surface area contributed by atoms with Crippen LogP contribution in [0.1, 0.15) is 38.7 Å². The molecule has 3 heteroatoms. The molecule has 94 valence electrons. The molecule has 0 aliphatic heterocycles. The third-order valence-electron chi connectivity index (χ3n) is 2.86. The van der Waals surface area contributed by atoms with E-state index in [4.69, 9.17) is 0 Å². The van der Waals surface area contributed by atoms with Crippen molar-refractivity contribution in [3.05, 3.63) is 30.1 Å². The lowest BCUT2D eigenvalue weighted by Crippen LogP contribution is -2.24. The zero-order valence-corrected chi connectivity index (χ0v) is 10.9. The molecule has 0 aromatic carbocycles. The Morgan fingerprint density at radius 2 is 2.00 bits per heavy atom. The molecule has 0 fully saturated rings.